The first-order valence-corrected chi connectivity index (χ1v) is 5.73. The summed E-state index contributed by atoms with van der Waals surface area (Å²) >= 11 is 4.92. The van der Waals surface area contributed by atoms with Crippen molar-refractivity contribution >= 4 is 50.1 Å². The molecule has 0 fully saturated rings. The van der Waals surface area contributed by atoms with Gasteiger partial charge in [0.25, 0.3) is 0 Å². The summed E-state index contributed by atoms with van der Waals surface area (Å²) in [5.74, 6) is -1.05. The molecule has 1 aromatic rings. The summed E-state index contributed by atoms with van der Waals surface area (Å²) in [6, 6.07) is 4.91. The second-order valence-electron chi connectivity index (χ2n) is 2.60. The van der Waals surface area contributed by atoms with Gasteiger partial charge in [0, 0.05) is 3.57 Å². The standard InChI is InChI=1S/C9H5BrFIN2O/c10-5-1-2-6(12)9(8(5)11)14-7(15)3-4-13/h1-2H,3H2,(H,14,15). The summed E-state index contributed by atoms with van der Waals surface area (Å²) < 4.78 is 14.4. The lowest BCUT2D eigenvalue weighted by atomic mass is 10.3. The van der Waals surface area contributed by atoms with Crippen LogP contribution in [0.5, 0.6) is 0 Å². The van der Waals surface area contributed by atoms with Crippen molar-refractivity contribution in [1.29, 1.82) is 5.26 Å². The Morgan fingerprint density at radius 3 is 2.93 bits per heavy atom. The van der Waals surface area contributed by atoms with E-state index in [1.165, 1.54) is 0 Å². The molecule has 0 saturated heterocycles. The van der Waals surface area contributed by atoms with Crippen LogP contribution in [-0.4, -0.2) is 5.91 Å². The molecule has 0 bridgehead atoms. The van der Waals surface area contributed by atoms with Crippen LogP contribution in [0, 0.1) is 20.7 Å². The molecule has 0 unspecified atom stereocenters. The number of anilines is 1. The third-order valence-electron chi connectivity index (χ3n) is 1.55. The second-order valence-corrected chi connectivity index (χ2v) is 4.62. The molecule has 15 heavy (non-hydrogen) atoms. The van der Waals surface area contributed by atoms with Gasteiger partial charge in [-0.3, -0.25) is 4.79 Å². The molecule has 0 radical (unpaired) electrons. The molecule has 0 spiro atoms. The lowest BCUT2D eigenvalue weighted by Crippen LogP contribution is -2.12. The van der Waals surface area contributed by atoms with Gasteiger partial charge in [0.05, 0.1) is 16.2 Å². The summed E-state index contributed by atoms with van der Waals surface area (Å²) in [6.45, 7) is 0. The van der Waals surface area contributed by atoms with E-state index in [9.17, 15) is 9.18 Å². The average Bonchev–Trinajstić information content (AvgIpc) is 2.19. The predicted octanol–water partition coefficient (Wildman–Crippen LogP) is 3.04. The zero-order valence-corrected chi connectivity index (χ0v) is 11.1. The fourth-order valence-electron chi connectivity index (χ4n) is 0.897. The third kappa shape index (κ3) is 3.14. The van der Waals surface area contributed by atoms with E-state index in [0.29, 0.717) is 3.57 Å². The van der Waals surface area contributed by atoms with Crippen LogP contribution in [0.3, 0.4) is 0 Å². The predicted molar refractivity (Wildman–Crippen MR) is 65.7 cm³/mol. The summed E-state index contributed by atoms with van der Waals surface area (Å²) in [6.07, 6.45) is -0.290. The van der Waals surface area contributed by atoms with Crippen molar-refractivity contribution in [2.75, 3.05) is 5.32 Å². The van der Waals surface area contributed by atoms with Gasteiger partial charge in [-0.05, 0) is 50.7 Å². The molecule has 0 aromatic heterocycles. The maximum Gasteiger partial charge on any atom is 0.238 e. The van der Waals surface area contributed by atoms with Crippen LogP contribution in [0.1, 0.15) is 6.42 Å². The van der Waals surface area contributed by atoms with Crippen LogP contribution in [0.2, 0.25) is 0 Å². The third-order valence-corrected chi connectivity index (χ3v) is 3.06. The monoisotopic (exact) mass is 382 g/mol. The van der Waals surface area contributed by atoms with Gasteiger partial charge in [0.15, 0.2) is 5.82 Å². The Morgan fingerprint density at radius 1 is 1.67 bits per heavy atom. The number of amides is 1. The normalized spacial score (nSPS) is 9.47. The van der Waals surface area contributed by atoms with Crippen LogP contribution in [-0.2, 0) is 4.79 Å². The summed E-state index contributed by atoms with van der Waals surface area (Å²) in [5, 5.41) is 10.6. The number of hydrogen-bond donors (Lipinski definition) is 1. The Morgan fingerprint density at radius 2 is 2.33 bits per heavy atom. The number of halogens is 3. The highest BCUT2D eigenvalue weighted by Crippen LogP contribution is 2.28. The van der Waals surface area contributed by atoms with E-state index in [1.807, 2.05) is 22.6 Å². The highest BCUT2D eigenvalue weighted by Gasteiger charge is 2.12. The topological polar surface area (TPSA) is 52.9 Å². The Balaban J connectivity index is 3.00. The van der Waals surface area contributed by atoms with Gasteiger partial charge in [-0.2, -0.15) is 5.26 Å². The Kier molecular flexibility index (Phi) is 4.47. The van der Waals surface area contributed by atoms with Crippen LogP contribution < -0.4 is 5.32 Å². The highest BCUT2D eigenvalue weighted by molar-refractivity contribution is 14.1. The number of nitrogens with zero attached hydrogens (tertiary/aromatic N) is 1. The maximum atomic E-state index is 13.5. The Hall–Kier alpha value is -0.680. The van der Waals surface area contributed by atoms with Crippen molar-refractivity contribution < 1.29 is 9.18 Å². The van der Waals surface area contributed by atoms with Crippen molar-refractivity contribution in [3.05, 3.63) is 26.0 Å². The lowest BCUT2D eigenvalue weighted by molar-refractivity contribution is -0.115. The second kappa shape index (κ2) is 5.42. The number of carbonyl (C=O) groups excluding carboxylic acids is 1. The van der Waals surface area contributed by atoms with Crippen molar-refractivity contribution in [2.24, 2.45) is 0 Å². The molecule has 1 amide bonds. The molecule has 0 aliphatic carbocycles. The van der Waals surface area contributed by atoms with Crippen molar-refractivity contribution in [3.8, 4) is 6.07 Å². The molecule has 1 N–H and O–H groups in total. The minimum absolute atomic E-state index is 0.102. The zero-order chi connectivity index (χ0) is 11.4. The molecule has 6 heteroatoms. The van der Waals surface area contributed by atoms with E-state index in [1.54, 1.807) is 18.2 Å². The summed E-state index contributed by atoms with van der Waals surface area (Å²) in [7, 11) is 0. The first-order chi connectivity index (χ1) is 7.06. The molecular formula is C9H5BrFIN2O. The van der Waals surface area contributed by atoms with Gasteiger partial charge in [-0.1, -0.05) is 0 Å². The zero-order valence-electron chi connectivity index (χ0n) is 7.35. The number of benzene rings is 1. The van der Waals surface area contributed by atoms with Crippen LogP contribution in [0.25, 0.3) is 0 Å². The smallest absolute Gasteiger partial charge is 0.238 e. The van der Waals surface area contributed by atoms with Crippen molar-refractivity contribution in [3.63, 3.8) is 0 Å². The quantitative estimate of drug-likeness (QED) is 0.631. The van der Waals surface area contributed by atoms with Gasteiger partial charge in [-0.15, -0.1) is 0 Å². The van der Waals surface area contributed by atoms with E-state index < -0.39 is 11.7 Å². The first-order valence-electron chi connectivity index (χ1n) is 3.86. The molecule has 1 rings (SSSR count). The molecular weight excluding hydrogens is 378 g/mol. The van der Waals surface area contributed by atoms with Gasteiger partial charge in [0.1, 0.15) is 6.42 Å². The van der Waals surface area contributed by atoms with Crippen LogP contribution in [0.4, 0.5) is 10.1 Å². The fraction of sp³-hybridized carbons (Fsp3) is 0.111. The minimum atomic E-state index is -0.534. The maximum absolute atomic E-state index is 13.5. The Labute approximate surface area is 108 Å². The molecule has 0 aliphatic heterocycles. The number of nitriles is 1. The van der Waals surface area contributed by atoms with E-state index in [2.05, 4.69) is 21.2 Å². The summed E-state index contributed by atoms with van der Waals surface area (Å²) in [4.78, 5) is 11.1. The van der Waals surface area contributed by atoms with Crippen LogP contribution in [0.15, 0.2) is 16.6 Å². The first kappa shape index (κ1) is 12.4. The van der Waals surface area contributed by atoms with Crippen LogP contribution >= 0.6 is 38.5 Å². The SMILES string of the molecule is N#CCC(=O)Nc1c(I)ccc(Br)c1F. The molecule has 1 aromatic carbocycles. The average molecular weight is 383 g/mol. The fourth-order valence-corrected chi connectivity index (χ4v) is 1.78. The molecule has 0 heterocycles. The van der Waals surface area contributed by atoms with E-state index in [-0.39, 0.29) is 16.6 Å². The Bertz CT molecular complexity index is 444. The van der Waals surface area contributed by atoms with E-state index in [4.69, 9.17) is 5.26 Å². The molecule has 3 nitrogen and oxygen atoms in total. The lowest BCUT2D eigenvalue weighted by Gasteiger charge is -2.07. The van der Waals surface area contributed by atoms with Gasteiger partial charge >= 0.3 is 0 Å². The van der Waals surface area contributed by atoms with Crippen molar-refractivity contribution in [2.45, 2.75) is 6.42 Å². The van der Waals surface area contributed by atoms with Crippen molar-refractivity contribution in [1.82, 2.24) is 0 Å². The molecule has 0 atom stereocenters. The highest BCUT2D eigenvalue weighted by atomic mass is 127. The molecule has 78 valence electrons. The number of nitrogens with one attached hydrogen (secondary N) is 1. The molecule has 0 aliphatic rings. The van der Waals surface area contributed by atoms with Gasteiger partial charge < -0.3 is 5.32 Å². The van der Waals surface area contributed by atoms with Gasteiger partial charge in [-0.25, -0.2) is 4.39 Å². The van der Waals surface area contributed by atoms with Gasteiger partial charge in [0.2, 0.25) is 5.91 Å². The minimum Gasteiger partial charge on any atom is -0.322 e. The van der Waals surface area contributed by atoms with E-state index in [0.717, 1.165) is 0 Å². The largest absolute Gasteiger partial charge is 0.322 e. The number of carbonyl (C=O) groups is 1. The van der Waals surface area contributed by atoms with E-state index >= 15 is 0 Å². The number of rotatable bonds is 2. The summed E-state index contributed by atoms with van der Waals surface area (Å²) in [5.41, 5.74) is 0.102. The molecule has 0 saturated carbocycles. The number of hydrogen-bond acceptors (Lipinski definition) is 2.